The van der Waals surface area contributed by atoms with E-state index in [1.54, 1.807) is 12.4 Å². The fourth-order valence-corrected chi connectivity index (χ4v) is 1.59. The molecule has 2 aromatic rings. The van der Waals surface area contributed by atoms with Crippen LogP contribution in [0.2, 0.25) is 0 Å². The van der Waals surface area contributed by atoms with Crippen molar-refractivity contribution in [1.29, 1.82) is 0 Å². The molecule has 0 aliphatic carbocycles. The van der Waals surface area contributed by atoms with Crippen LogP contribution in [0.5, 0.6) is 0 Å². The molecule has 0 aliphatic heterocycles. The van der Waals surface area contributed by atoms with E-state index in [1.807, 2.05) is 36.4 Å². The molecule has 0 amide bonds. The van der Waals surface area contributed by atoms with E-state index in [4.69, 9.17) is 0 Å². The summed E-state index contributed by atoms with van der Waals surface area (Å²) < 4.78 is 0. The highest BCUT2D eigenvalue weighted by atomic mass is 16.3. The van der Waals surface area contributed by atoms with Gasteiger partial charge < -0.3 is 5.11 Å². The first-order valence-electron chi connectivity index (χ1n) is 4.98. The lowest BCUT2D eigenvalue weighted by atomic mass is 9.98. The summed E-state index contributed by atoms with van der Waals surface area (Å²) in [5.74, 6) is -0.306. The molecule has 0 aliphatic rings. The number of aromatic nitrogens is 2. The van der Waals surface area contributed by atoms with Crippen LogP contribution in [0.1, 0.15) is 17.3 Å². The maximum Gasteiger partial charge on any atom is 0.100 e. The second-order valence-electron chi connectivity index (χ2n) is 3.43. The van der Waals surface area contributed by atoms with Crippen LogP contribution in [0.4, 0.5) is 0 Å². The third-order valence-corrected chi connectivity index (χ3v) is 2.30. The number of aliphatic hydroxyl groups is 1. The average molecular weight is 212 g/mol. The average Bonchev–Trinajstić information content (AvgIpc) is 2.31. The van der Waals surface area contributed by atoms with Gasteiger partial charge in [0.25, 0.3) is 0 Å². The third kappa shape index (κ3) is 2.08. The summed E-state index contributed by atoms with van der Waals surface area (Å²) in [6.45, 7) is 3.58. The molecule has 3 nitrogen and oxygen atoms in total. The highest BCUT2D eigenvalue weighted by Crippen LogP contribution is 2.25. The molecular weight excluding hydrogens is 200 g/mol. The summed E-state index contributed by atoms with van der Waals surface area (Å²) in [6, 6.07) is 11.1. The van der Waals surface area contributed by atoms with E-state index in [-0.39, 0.29) is 11.7 Å². The van der Waals surface area contributed by atoms with Crippen LogP contribution in [0.25, 0.3) is 0 Å². The maximum atomic E-state index is 9.64. The molecule has 1 N–H and O–H groups in total. The van der Waals surface area contributed by atoms with Crippen LogP contribution in [-0.4, -0.2) is 15.1 Å². The minimum Gasteiger partial charge on any atom is -0.512 e. The Hall–Kier alpha value is -2.16. The molecule has 2 rings (SSSR count). The van der Waals surface area contributed by atoms with Gasteiger partial charge in [0.1, 0.15) is 5.76 Å². The van der Waals surface area contributed by atoms with Gasteiger partial charge >= 0.3 is 0 Å². The number of hydrogen-bond acceptors (Lipinski definition) is 3. The van der Waals surface area contributed by atoms with Gasteiger partial charge in [0.15, 0.2) is 0 Å². The smallest absolute Gasteiger partial charge is 0.100 e. The zero-order chi connectivity index (χ0) is 11.4. The fraction of sp³-hybridized carbons (Fsp3) is 0.0769. The Balaban J connectivity index is 2.44. The van der Waals surface area contributed by atoms with Crippen LogP contribution in [-0.2, 0) is 0 Å². The van der Waals surface area contributed by atoms with Gasteiger partial charge in [-0.15, -0.1) is 0 Å². The lowest BCUT2D eigenvalue weighted by Crippen LogP contribution is -2.07. The minimum atomic E-state index is -0.359. The molecule has 16 heavy (non-hydrogen) atoms. The van der Waals surface area contributed by atoms with E-state index in [2.05, 4.69) is 16.5 Å². The Bertz CT molecular complexity index is 428. The lowest BCUT2D eigenvalue weighted by Gasteiger charge is -2.14. The van der Waals surface area contributed by atoms with Gasteiger partial charge in [-0.3, -0.25) is 9.97 Å². The summed E-state index contributed by atoms with van der Waals surface area (Å²) >= 11 is 0. The Morgan fingerprint density at radius 3 is 1.81 bits per heavy atom. The van der Waals surface area contributed by atoms with Crippen LogP contribution >= 0.6 is 0 Å². The number of aliphatic hydroxyl groups excluding tert-OH is 1. The summed E-state index contributed by atoms with van der Waals surface area (Å²) in [4.78, 5) is 8.43. The van der Waals surface area contributed by atoms with Crippen molar-refractivity contribution in [3.05, 3.63) is 72.5 Å². The van der Waals surface area contributed by atoms with Crippen molar-refractivity contribution in [2.75, 3.05) is 0 Å². The normalized spacial score (nSPS) is 10.3. The van der Waals surface area contributed by atoms with E-state index in [1.165, 1.54) is 0 Å². The third-order valence-electron chi connectivity index (χ3n) is 2.30. The molecule has 3 heteroatoms. The highest BCUT2D eigenvalue weighted by Gasteiger charge is 2.19. The first-order valence-corrected chi connectivity index (χ1v) is 4.98. The fourth-order valence-electron chi connectivity index (χ4n) is 1.59. The van der Waals surface area contributed by atoms with Gasteiger partial charge in [-0.05, 0) is 24.3 Å². The summed E-state index contributed by atoms with van der Waals surface area (Å²) in [6.07, 6.45) is 3.38. The topological polar surface area (TPSA) is 46.0 Å². The second kappa shape index (κ2) is 4.57. The summed E-state index contributed by atoms with van der Waals surface area (Å²) in [7, 11) is 0. The maximum absolute atomic E-state index is 9.64. The van der Waals surface area contributed by atoms with Gasteiger partial charge in [-0.25, -0.2) is 0 Å². The SMILES string of the molecule is C=C(O)C(c1ccccn1)c1ccccn1. The second-order valence-corrected chi connectivity index (χ2v) is 3.43. The number of rotatable bonds is 3. The molecule has 0 radical (unpaired) electrons. The molecule has 0 unspecified atom stereocenters. The summed E-state index contributed by atoms with van der Waals surface area (Å²) in [5.41, 5.74) is 1.49. The molecule has 2 aromatic heterocycles. The predicted octanol–water partition coefficient (Wildman–Crippen LogP) is 2.68. The predicted molar refractivity (Wildman–Crippen MR) is 62.1 cm³/mol. The molecule has 0 saturated carbocycles. The first-order chi connectivity index (χ1) is 7.79. The molecular formula is C13H12N2O. The van der Waals surface area contributed by atoms with Crippen molar-refractivity contribution in [2.24, 2.45) is 0 Å². The Labute approximate surface area is 94.1 Å². The summed E-state index contributed by atoms with van der Waals surface area (Å²) in [5, 5.41) is 9.64. The van der Waals surface area contributed by atoms with E-state index in [0.717, 1.165) is 11.4 Å². The standard InChI is InChI=1S/C13H12N2O/c1-10(16)13(11-6-2-4-8-14-11)12-7-3-5-9-15-12/h2-9,13,16H,1H2. The van der Waals surface area contributed by atoms with E-state index in [9.17, 15) is 5.11 Å². The minimum absolute atomic E-state index is 0.0531. The molecule has 0 bridgehead atoms. The molecule has 2 heterocycles. The van der Waals surface area contributed by atoms with Crippen molar-refractivity contribution < 1.29 is 5.11 Å². The van der Waals surface area contributed by atoms with Gasteiger partial charge in [0.05, 0.1) is 17.3 Å². The quantitative estimate of drug-likeness (QED) is 0.795. The van der Waals surface area contributed by atoms with Gasteiger partial charge in [-0.1, -0.05) is 18.7 Å². The van der Waals surface area contributed by atoms with Crippen molar-refractivity contribution in [1.82, 2.24) is 9.97 Å². The molecule has 0 spiro atoms. The molecule has 80 valence electrons. The molecule has 0 fully saturated rings. The van der Waals surface area contributed by atoms with E-state index in [0.29, 0.717) is 0 Å². The molecule has 0 aromatic carbocycles. The largest absolute Gasteiger partial charge is 0.512 e. The van der Waals surface area contributed by atoms with E-state index < -0.39 is 0 Å². The van der Waals surface area contributed by atoms with Gasteiger partial charge in [0.2, 0.25) is 0 Å². The van der Waals surface area contributed by atoms with Crippen LogP contribution in [0.3, 0.4) is 0 Å². The number of hydrogen-bond donors (Lipinski definition) is 1. The van der Waals surface area contributed by atoms with Crippen LogP contribution < -0.4 is 0 Å². The van der Waals surface area contributed by atoms with Gasteiger partial charge in [-0.2, -0.15) is 0 Å². The van der Waals surface area contributed by atoms with Crippen LogP contribution in [0.15, 0.2) is 61.1 Å². The van der Waals surface area contributed by atoms with Crippen molar-refractivity contribution in [3.8, 4) is 0 Å². The molecule has 0 saturated heterocycles. The Kier molecular flexibility index (Phi) is 2.96. The Morgan fingerprint density at radius 2 is 1.50 bits per heavy atom. The van der Waals surface area contributed by atoms with Crippen molar-refractivity contribution >= 4 is 0 Å². The number of pyridine rings is 2. The first kappa shape index (κ1) is 10.4. The van der Waals surface area contributed by atoms with Crippen LogP contribution in [0, 0.1) is 0 Å². The lowest BCUT2D eigenvalue weighted by molar-refractivity contribution is 0.381. The zero-order valence-electron chi connectivity index (χ0n) is 8.74. The Morgan fingerprint density at radius 1 is 1.00 bits per heavy atom. The van der Waals surface area contributed by atoms with Crippen molar-refractivity contribution in [2.45, 2.75) is 5.92 Å². The number of nitrogens with zero attached hydrogens (tertiary/aromatic N) is 2. The molecule has 0 atom stereocenters. The number of allylic oxidation sites excluding steroid dienone is 1. The monoisotopic (exact) mass is 212 g/mol. The zero-order valence-corrected chi connectivity index (χ0v) is 8.74. The van der Waals surface area contributed by atoms with Gasteiger partial charge in [0, 0.05) is 12.4 Å². The van der Waals surface area contributed by atoms with Crippen molar-refractivity contribution in [3.63, 3.8) is 0 Å². The van der Waals surface area contributed by atoms with E-state index >= 15 is 0 Å². The highest BCUT2D eigenvalue weighted by molar-refractivity contribution is 5.29.